The van der Waals surface area contributed by atoms with E-state index in [-0.39, 0.29) is 24.3 Å². The minimum absolute atomic E-state index is 0.0659. The number of hydrogen-bond acceptors (Lipinski definition) is 5. The summed E-state index contributed by atoms with van der Waals surface area (Å²) in [5.41, 5.74) is 0. The minimum Gasteiger partial charge on any atom is -0.340 e. The first-order valence-corrected chi connectivity index (χ1v) is 10.4. The number of carbonyl (C=O) groups is 2. The van der Waals surface area contributed by atoms with Gasteiger partial charge < -0.3 is 14.4 Å². The van der Waals surface area contributed by atoms with Crippen LogP contribution in [0.25, 0.3) is 0 Å². The van der Waals surface area contributed by atoms with E-state index in [1.807, 2.05) is 4.90 Å². The number of thioether (sulfide) groups is 1. The van der Waals surface area contributed by atoms with Gasteiger partial charge in [-0.05, 0) is 25.7 Å². The third-order valence-corrected chi connectivity index (χ3v) is 6.37. The molecule has 0 aromatic carbocycles. The van der Waals surface area contributed by atoms with Crippen molar-refractivity contribution in [1.82, 2.24) is 24.6 Å². The molecule has 2 saturated heterocycles. The van der Waals surface area contributed by atoms with Crippen LogP contribution in [-0.2, 0) is 22.6 Å². The van der Waals surface area contributed by atoms with E-state index >= 15 is 0 Å². The van der Waals surface area contributed by atoms with Crippen LogP contribution in [0.5, 0.6) is 0 Å². The summed E-state index contributed by atoms with van der Waals surface area (Å²) >= 11 is 1.58. The first-order chi connectivity index (χ1) is 12.2. The molecule has 3 aliphatic heterocycles. The molecule has 0 radical (unpaired) electrons. The van der Waals surface area contributed by atoms with E-state index in [0.29, 0.717) is 18.2 Å². The van der Waals surface area contributed by atoms with Gasteiger partial charge in [0.05, 0.1) is 11.6 Å². The average molecular weight is 363 g/mol. The largest absolute Gasteiger partial charge is 0.340 e. The second-order valence-electron chi connectivity index (χ2n) is 7.18. The number of fused-ring (bicyclic) bond motifs is 1. The number of piperidine rings is 1. The molecule has 136 valence electrons. The summed E-state index contributed by atoms with van der Waals surface area (Å²) in [6, 6.07) is 0. The van der Waals surface area contributed by atoms with Crippen molar-refractivity contribution in [3.8, 4) is 0 Å². The topological polar surface area (TPSA) is 71.3 Å². The molecule has 0 spiro atoms. The summed E-state index contributed by atoms with van der Waals surface area (Å²) in [5, 5.41) is 8.89. The fourth-order valence-corrected chi connectivity index (χ4v) is 4.93. The van der Waals surface area contributed by atoms with Gasteiger partial charge in [0.25, 0.3) is 0 Å². The van der Waals surface area contributed by atoms with E-state index in [0.717, 1.165) is 44.0 Å². The molecule has 7 nitrogen and oxygen atoms in total. The highest BCUT2D eigenvalue weighted by molar-refractivity contribution is 8.00. The predicted octanol–water partition coefficient (Wildman–Crippen LogP) is 1.24. The highest BCUT2D eigenvalue weighted by atomic mass is 32.2. The second kappa shape index (κ2) is 7.35. The third-order valence-electron chi connectivity index (χ3n) is 5.43. The summed E-state index contributed by atoms with van der Waals surface area (Å²) in [6.45, 7) is 2.70. The van der Waals surface area contributed by atoms with Crippen LogP contribution in [0.1, 0.15) is 49.7 Å². The van der Waals surface area contributed by atoms with Gasteiger partial charge in [-0.2, -0.15) is 0 Å². The monoisotopic (exact) mass is 363 g/mol. The molecule has 25 heavy (non-hydrogen) atoms. The standard InChI is InChI=1S/C17H25N5O2S/c23-15(10-21-12-25-11-16(21)24)20-7-4-5-13(9-20)17-19-18-14-6-2-1-3-8-22(14)17/h13H,1-12H2. The van der Waals surface area contributed by atoms with Gasteiger partial charge in [0.1, 0.15) is 18.2 Å². The van der Waals surface area contributed by atoms with Crippen LogP contribution in [0, 0.1) is 0 Å². The van der Waals surface area contributed by atoms with Gasteiger partial charge in [-0.3, -0.25) is 9.59 Å². The lowest BCUT2D eigenvalue weighted by Crippen LogP contribution is -2.45. The Hall–Kier alpha value is -1.57. The van der Waals surface area contributed by atoms with Crippen molar-refractivity contribution in [2.24, 2.45) is 0 Å². The Bertz CT molecular complexity index is 661. The van der Waals surface area contributed by atoms with Crippen LogP contribution in [0.2, 0.25) is 0 Å². The molecule has 2 fully saturated rings. The first kappa shape index (κ1) is 16.9. The summed E-state index contributed by atoms with van der Waals surface area (Å²) < 4.78 is 2.30. The van der Waals surface area contributed by atoms with Crippen LogP contribution in [-0.4, -0.2) is 67.6 Å². The van der Waals surface area contributed by atoms with Crippen molar-refractivity contribution in [3.63, 3.8) is 0 Å². The lowest BCUT2D eigenvalue weighted by atomic mass is 9.97. The number of carbonyl (C=O) groups excluding carboxylic acids is 2. The normalized spacial score (nSPS) is 24.3. The molecule has 8 heteroatoms. The number of amides is 2. The molecule has 1 aromatic heterocycles. The number of aryl methyl sites for hydroxylation is 1. The van der Waals surface area contributed by atoms with Crippen molar-refractivity contribution in [3.05, 3.63) is 11.6 Å². The van der Waals surface area contributed by atoms with Gasteiger partial charge in [-0.25, -0.2) is 0 Å². The van der Waals surface area contributed by atoms with E-state index in [1.54, 1.807) is 16.7 Å². The Kier molecular flexibility index (Phi) is 4.96. The average Bonchev–Trinajstić information content (AvgIpc) is 3.14. The first-order valence-electron chi connectivity index (χ1n) is 9.27. The summed E-state index contributed by atoms with van der Waals surface area (Å²) in [5.74, 6) is 3.71. The molecule has 1 unspecified atom stereocenters. The maximum atomic E-state index is 12.6. The van der Waals surface area contributed by atoms with Crippen molar-refractivity contribution in [2.45, 2.75) is 51.0 Å². The van der Waals surface area contributed by atoms with Crippen LogP contribution in [0.4, 0.5) is 0 Å². The van der Waals surface area contributed by atoms with Crippen molar-refractivity contribution in [2.75, 3.05) is 31.3 Å². The van der Waals surface area contributed by atoms with Gasteiger partial charge in [0.2, 0.25) is 11.8 Å². The second-order valence-corrected chi connectivity index (χ2v) is 8.14. The Morgan fingerprint density at radius 2 is 2.08 bits per heavy atom. The summed E-state index contributed by atoms with van der Waals surface area (Å²) in [4.78, 5) is 28.0. The van der Waals surface area contributed by atoms with Crippen molar-refractivity contribution < 1.29 is 9.59 Å². The zero-order valence-electron chi connectivity index (χ0n) is 14.5. The maximum Gasteiger partial charge on any atom is 0.242 e. The van der Waals surface area contributed by atoms with E-state index in [9.17, 15) is 9.59 Å². The minimum atomic E-state index is 0.0659. The molecular weight excluding hydrogens is 338 g/mol. The summed E-state index contributed by atoms with van der Waals surface area (Å²) in [6.07, 6.45) is 6.68. The predicted molar refractivity (Wildman–Crippen MR) is 95.2 cm³/mol. The zero-order chi connectivity index (χ0) is 17.2. The Balaban J connectivity index is 1.43. The van der Waals surface area contributed by atoms with Crippen molar-refractivity contribution in [1.29, 1.82) is 0 Å². The molecule has 4 heterocycles. The fraction of sp³-hybridized carbons (Fsp3) is 0.765. The lowest BCUT2D eigenvalue weighted by molar-refractivity contribution is -0.138. The Labute approximate surface area is 152 Å². The van der Waals surface area contributed by atoms with Gasteiger partial charge in [0, 0.05) is 32.0 Å². The molecule has 3 aliphatic rings. The number of likely N-dealkylation sites (tertiary alicyclic amines) is 1. The highest BCUT2D eigenvalue weighted by Crippen LogP contribution is 2.28. The lowest BCUT2D eigenvalue weighted by Gasteiger charge is -2.33. The molecule has 1 atom stereocenters. The van der Waals surface area contributed by atoms with Crippen molar-refractivity contribution >= 4 is 23.6 Å². The van der Waals surface area contributed by atoms with Crippen LogP contribution in [0.3, 0.4) is 0 Å². The molecule has 0 saturated carbocycles. The number of rotatable bonds is 3. The number of aromatic nitrogens is 3. The summed E-state index contributed by atoms with van der Waals surface area (Å²) in [7, 11) is 0. The van der Waals surface area contributed by atoms with Gasteiger partial charge in [-0.15, -0.1) is 22.0 Å². The molecule has 0 N–H and O–H groups in total. The Morgan fingerprint density at radius 3 is 2.92 bits per heavy atom. The molecular formula is C17H25N5O2S. The fourth-order valence-electron chi connectivity index (χ4n) is 4.03. The SMILES string of the molecule is O=C1CSCN1CC(=O)N1CCCC(c2nnc3n2CCCCC3)C1. The molecule has 1 aromatic rings. The number of nitrogens with zero attached hydrogens (tertiary/aromatic N) is 5. The van der Waals surface area contributed by atoms with Gasteiger partial charge >= 0.3 is 0 Å². The van der Waals surface area contributed by atoms with Crippen LogP contribution in [0.15, 0.2) is 0 Å². The van der Waals surface area contributed by atoms with E-state index < -0.39 is 0 Å². The molecule has 2 amide bonds. The van der Waals surface area contributed by atoms with Crippen LogP contribution >= 0.6 is 11.8 Å². The van der Waals surface area contributed by atoms with Gasteiger partial charge in [-0.1, -0.05) is 6.42 Å². The van der Waals surface area contributed by atoms with Crippen LogP contribution < -0.4 is 0 Å². The quantitative estimate of drug-likeness (QED) is 0.808. The number of hydrogen-bond donors (Lipinski definition) is 0. The maximum absolute atomic E-state index is 12.6. The van der Waals surface area contributed by atoms with E-state index in [1.165, 1.54) is 19.3 Å². The Morgan fingerprint density at radius 1 is 1.16 bits per heavy atom. The molecule has 0 aliphatic carbocycles. The highest BCUT2D eigenvalue weighted by Gasteiger charge is 2.31. The van der Waals surface area contributed by atoms with E-state index in [2.05, 4.69) is 14.8 Å². The van der Waals surface area contributed by atoms with Gasteiger partial charge in [0.15, 0.2) is 0 Å². The molecule has 0 bridgehead atoms. The smallest absolute Gasteiger partial charge is 0.242 e. The zero-order valence-corrected chi connectivity index (χ0v) is 15.3. The third kappa shape index (κ3) is 3.54. The van der Waals surface area contributed by atoms with E-state index in [4.69, 9.17) is 0 Å². The molecule has 4 rings (SSSR count).